The van der Waals surface area contributed by atoms with E-state index < -0.39 is 42.3 Å². The molecule has 24 heavy (non-hydrogen) atoms. The molecule has 0 aromatic rings. The van der Waals surface area contributed by atoms with E-state index in [-0.39, 0.29) is 18.9 Å². The van der Waals surface area contributed by atoms with Crippen LogP contribution in [0.25, 0.3) is 0 Å². The van der Waals surface area contributed by atoms with Crippen LogP contribution in [0.15, 0.2) is 0 Å². The monoisotopic (exact) mass is 348 g/mol. The normalized spacial score (nSPS) is 30.7. The SMILES string of the molecule is C[C@H](CCC(O)CC(=O)OC(C)(C)C)O[C@@H]1O[C@@H](C)[C@H](O)C[C@H]1O. The molecule has 1 rings (SSSR count). The second-order valence-corrected chi connectivity index (χ2v) is 7.55. The molecule has 0 bridgehead atoms. The summed E-state index contributed by atoms with van der Waals surface area (Å²) in [7, 11) is 0. The van der Waals surface area contributed by atoms with E-state index in [9.17, 15) is 20.1 Å². The van der Waals surface area contributed by atoms with E-state index >= 15 is 0 Å². The Kier molecular flexibility index (Phi) is 8.08. The minimum Gasteiger partial charge on any atom is -0.460 e. The van der Waals surface area contributed by atoms with E-state index in [0.29, 0.717) is 12.8 Å². The summed E-state index contributed by atoms with van der Waals surface area (Å²) in [5.41, 5.74) is -0.567. The van der Waals surface area contributed by atoms with Crippen molar-refractivity contribution < 1.29 is 34.3 Å². The third-order valence-corrected chi connectivity index (χ3v) is 3.78. The molecule has 6 atom stereocenters. The highest BCUT2D eigenvalue weighted by Gasteiger charge is 2.35. The Balaban J connectivity index is 2.30. The topological polar surface area (TPSA) is 105 Å². The molecule has 1 saturated heterocycles. The van der Waals surface area contributed by atoms with Crippen molar-refractivity contribution in [1.29, 1.82) is 0 Å². The highest BCUT2D eigenvalue weighted by molar-refractivity contribution is 5.70. The maximum absolute atomic E-state index is 11.7. The van der Waals surface area contributed by atoms with Crippen LogP contribution >= 0.6 is 0 Å². The summed E-state index contributed by atoms with van der Waals surface area (Å²) in [6.45, 7) is 8.87. The summed E-state index contributed by atoms with van der Waals surface area (Å²) < 4.78 is 16.3. The molecule has 3 N–H and O–H groups in total. The summed E-state index contributed by atoms with van der Waals surface area (Å²) in [4.78, 5) is 11.7. The van der Waals surface area contributed by atoms with Crippen LogP contribution in [0.1, 0.15) is 60.3 Å². The Morgan fingerprint density at radius 2 is 1.88 bits per heavy atom. The van der Waals surface area contributed by atoms with Crippen LogP contribution in [0, 0.1) is 0 Å². The van der Waals surface area contributed by atoms with Gasteiger partial charge in [0.25, 0.3) is 0 Å². The van der Waals surface area contributed by atoms with Gasteiger partial charge in [0.15, 0.2) is 6.29 Å². The largest absolute Gasteiger partial charge is 0.460 e. The molecule has 0 spiro atoms. The standard InChI is InChI=1S/C17H32O7/c1-10(22-16-14(20)9-13(19)11(2)23-16)6-7-12(18)8-15(21)24-17(3,4)5/h10-14,16,18-20H,6-9H2,1-5H3/t10-,11+,12?,13-,14-,16-/m1/s1. The molecule has 1 aliphatic heterocycles. The van der Waals surface area contributed by atoms with Gasteiger partial charge in [0.05, 0.1) is 30.8 Å². The van der Waals surface area contributed by atoms with Crippen LogP contribution < -0.4 is 0 Å². The van der Waals surface area contributed by atoms with E-state index in [2.05, 4.69) is 0 Å². The van der Waals surface area contributed by atoms with Gasteiger partial charge in [-0.15, -0.1) is 0 Å². The van der Waals surface area contributed by atoms with Crippen LogP contribution in [-0.4, -0.2) is 63.7 Å². The number of carbonyl (C=O) groups is 1. The van der Waals surface area contributed by atoms with Crippen LogP contribution in [0.2, 0.25) is 0 Å². The Bertz CT molecular complexity index is 393. The van der Waals surface area contributed by atoms with E-state index in [0.717, 1.165) is 0 Å². The van der Waals surface area contributed by atoms with Crippen molar-refractivity contribution >= 4 is 5.97 Å². The molecule has 7 nitrogen and oxygen atoms in total. The molecule has 1 fully saturated rings. The third kappa shape index (κ3) is 7.90. The maximum atomic E-state index is 11.7. The summed E-state index contributed by atoms with van der Waals surface area (Å²) >= 11 is 0. The lowest BCUT2D eigenvalue weighted by Crippen LogP contribution is -2.48. The zero-order valence-electron chi connectivity index (χ0n) is 15.3. The molecule has 1 aliphatic rings. The zero-order chi connectivity index (χ0) is 18.5. The lowest BCUT2D eigenvalue weighted by Gasteiger charge is -2.36. The Hall–Kier alpha value is -0.730. The van der Waals surface area contributed by atoms with Crippen molar-refractivity contribution in [1.82, 2.24) is 0 Å². The average molecular weight is 348 g/mol. The van der Waals surface area contributed by atoms with Crippen LogP contribution in [0.4, 0.5) is 0 Å². The smallest absolute Gasteiger partial charge is 0.308 e. The molecule has 0 saturated carbocycles. The molecular formula is C17H32O7. The first-order chi connectivity index (χ1) is 11.0. The number of aliphatic hydroxyl groups is 3. The van der Waals surface area contributed by atoms with Gasteiger partial charge in [-0.05, 0) is 47.5 Å². The molecular weight excluding hydrogens is 316 g/mol. The van der Waals surface area contributed by atoms with Gasteiger partial charge in [0.1, 0.15) is 11.7 Å². The van der Waals surface area contributed by atoms with Crippen molar-refractivity contribution in [3.05, 3.63) is 0 Å². The molecule has 1 unspecified atom stereocenters. The molecule has 1 heterocycles. The third-order valence-electron chi connectivity index (χ3n) is 3.78. The first-order valence-electron chi connectivity index (χ1n) is 8.55. The maximum Gasteiger partial charge on any atom is 0.308 e. The molecule has 0 aliphatic carbocycles. The van der Waals surface area contributed by atoms with Crippen molar-refractivity contribution in [3.8, 4) is 0 Å². The summed E-state index contributed by atoms with van der Waals surface area (Å²) in [6, 6.07) is 0. The highest BCUT2D eigenvalue weighted by atomic mass is 16.7. The summed E-state index contributed by atoms with van der Waals surface area (Å²) in [5.74, 6) is -0.433. The fourth-order valence-corrected chi connectivity index (χ4v) is 2.47. The lowest BCUT2D eigenvalue weighted by atomic mass is 10.0. The van der Waals surface area contributed by atoms with Gasteiger partial charge in [-0.3, -0.25) is 4.79 Å². The lowest BCUT2D eigenvalue weighted by molar-refractivity contribution is -0.273. The first-order valence-corrected chi connectivity index (χ1v) is 8.55. The fourth-order valence-electron chi connectivity index (χ4n) is 2.47. The van der Waals surface area contributed by atoms with E-state index in [1.807, 2.05) is 6.92 Å². The molecule has 0 aromatic carbocycles. The number of hydrogen-bond donors (Lipinski definition) is 3. The minimum absolute atomic E-state index is 0.0598. The summed E-state index contributed by atoms with van der Waals surface area (Å²) in [5, 5.41) is 29.4. The first kappa shape index (κ1) is 21.3. The van der Waals surface area contributed by atoms with Gasteiger partial charge in [0.2, 0.25) is 0 Å². The van der Waals surface area contributed by atoms with Gasteiger partial charge in [-0.25, -0.2) is 0 Å². The predicted octanol–water partition coefficient (Wildman–Crippen LogP) is 1.12. The van der Waals surface area contributed by atoms with Crippen molar-refractivity contribution in [2.75, 3.05) is 0 Å². The fraction of sp³-hybridized carbons (Fsp3) is 0.941. The van der Waals surface area contributed by atoms with Gasteiger partial charge < -0.3 is 29.5 Å². The van der Waals surface area contributed by atoms with Crippen LogP contribution in [-0.2, 0) is 19.0 Å². The van der Waals surface area contributed by atoms with Crippen molar-refractivity contribution in [2.24, 2.45) is 0 Å². The minimum atomic E-state index is -0.884. The molecule has 0 aromatic heterocycles. The second-order valence-electron chi connectivity index (χ2n) is 7.55. The van der Waals surface area contributed by atoms with Gasteiger partial charge in [-0.1, -0.05) is 0 Å². The molecule has 0 amide bonds. The van der Waals surface area contributed by atoms with E-state index in [1.165, 1.54) is 0 Å². The van der Waals surface area contributed by atoms with E-state index in [4.69, 9.17) is 14.2 Å². The number of hydrogen-bond acceptors (Lipinski definition) is 7. The van der Waals surface area contributed by atoms with Crippen molar-refractivity contribution in [3.63, 3.8) is 0 Å². The Morgan fingerprint density at radius 1 is 1.25 bits per heavy atom. The van der Waals surface area contributed by atoms with Gasteiger partial charge in [-0.2, -0.15) is 0 Å². The predicted molar refractivity (Wildman–Crippen MR) is 87.2 cm³/mol. The quantitative estimate of drug-likeness (QED) is 0.592. The number of rotatable bonds is 7. The van der Waals surface area contributed by atoms with Crippen molar-refractivity contribution in [2.45, 2.75) is 103 Å². The Morgan fingerprint density at radius 3 is 2.46 bits per heavy atom. The number of aliphatic hydroxyl groups excluding tert-OH is 3. The summed E-state index contributed by atoms with van der Waals surface area (Å²) in [6.07, 6.45) is -2.81. The van der Waals surface area contributed by atoms with Crippen LogP contribution in [0.5, 0.6) is 0 Å². The highest BCUT2D eigenvalue weighted by Crippen LogP contribution is 2.23. The molecule has 142 valence electrons. The van der Waals surface area contributed by atoms with Gasteiger partial charge >= 0.3 is 5.97 Å². The molecule has 0 radical (unpaired) electrons. The number of carbonyl (C=O) groups excluding carboxylic acids is 1. The number of esters is 1. The average Bonchev–Trinajstić information content (AvgIpc) is 2.40. The second kappa shape index (κ2) is 9.10. The number of ether oxygens (including phenoxy) is 3. The van der Waals surface area contributed by atoms with Gasteiger partial charge in [0, 0.05) is 6.42 Å². The molecule has 7 heteroatoms. The van der Waals surface area contributed by atoms with E-state index in [1.54, 1.807) is 27.7 Å². The Labute approximate surface area is 143 Å². The van der Waals surface area contributed by atoms with Crippen LogP contribution in [0.3, 0.4) is 0 Å². The zero-order valence-corrected chi connectivity index (χ0v) is 15.3.